The lowest BCUT2D eigenvalue weighted by Gasteiger charge is -2.35. The molecule has 0 unspecified atom stereocenters. The van der Waals surface area contributed by atoms with Gasteiger partial charge in [-0.05, 0) is 35.8 Å². The number of nitrogens with zero attached hydrogens (tertiary/aromatic N) is 1. The highest BCUT2D eigenvalue weighted by Crippen LogP contribution is 2.29. The number of benzene rings is 1. The predicted octanol–water partition coefficient (Wildman–Crippen LogP) is 4.19. The summed E-state index contributed by atoms with van der Waals surface area (Å²) in [6.07, 6.45) is 2.58. The summed E-state index contributed by atoms with van der Waals surface area (Å²) in [6.45, 7) is 13.8. The van der Waals surface area contributed by atoms with Crippen molar-refractivity contribution in [2.24, 2.45) is 5.92 Å². The van der Waals surface area contributed by atoms with E-state index in [0.29, 0.717) is 12.0 Å². The average molecular weight is 288 g/mol. The third-order valence-electron chi connectivity index (χ3n) is 4.60. The molecule has 0 aromatic heterocycles. The Morgan fingerprint density at radius 3 is 2.00 bits per heavy atom. The molecule has 0 spiro atoms. The van der Waals surface area contributed by atoms with Gasteiger partial charge < -0.3 is 5.32 Å². The normalized spacial score (nSPS) is 18.4. The van der Waals surface area contributed by atoms with Crippen molar-refractivity contribution in [1.29, 1.82) is 0 Å². The highest BCUT2D eigenvalue weighted by molar-refractivity contribution is 5.27. The van der Waals surface area contributed by atoms with Gasteiger partial charge in [-0.15, -0.1) is 0 Å². The van der Waals surface area contributed by atoms with Crippen LogP contribution in [0.15, 0.2) is 24.3 Å². The Bertz CT molecular complexity index is 402. The molecule has 2 rings (SSSR count). The maximum absolute atomic E-state index is 3.47. The van der Waals surface area contributed by atoms with E-state index in [2.05, 4.69) is 62.2 Å². The molecule has 0 aliphatic carbocycles. The molecule has 0 amide bonds. The zero-order valence-corrected chi connectivity index (χ0v) is 14.2. The second-order valence-corrected chi connectivity index (χ2v) is 7.09. The van der Waals surface area contributed by atoms with Crippen LogP contribution in [0.1, 0.15) is 63.6 Å². The molecule has 2 heteroatoms. The molecule has 0 bridgehead atoms. The highest BCUT2D eigenvalue weighted by atomic mass is 15.2. The zero-order chi connectivity index (χ0) is 15.2. The van der Waals surface area contributed by atoms with Gasteiger partial charge in [-0.2, -0.15) is 0 Å². The lowest BCUT2D eigenvalue weighted by Crippen LogP contribution is -2.45. The molecule has 1 saturated heterocycles. The topological polar surface area (TPSA) is 15.3 Å². The standard InChI is InChI=1S/C19H32N2/c1-15(2)5-10-19(21-13-11-20-12-14-21)18-8-6-17(7-9-18)16(3)4/h6-9,15-16,19-20H,5,10-14H2,1-4H3/t19-/m0/s1. The van der Waals surface area contributed by atoms with Gasteiger partial charge in [0.05, 0.1) is 0 Å². The number of rotatable bonds is 6. The van der Waals surface area contributed by atoms with Gasteiger partial charge in [-0.3, -0.25) is 4.90 Å². The molecule has 1 aliphatic heterocycles. The summed E-state index contributed by atoms with van der Waals surface area (Å²) in [4.78, 5) is 2.67. The Morgan fingerprint density at radius 2 is 1.48 bits per heavy atom. The number of hydrogen-bond donors (Lipinski definition) is 1. The summed E-state index contributed by atoms with van der Waals surface area (Å²) >= 11 is 0. The molecule has 1 aliphatic rings. The molecule has 0 saturated carbocycles. The van der Waals surface area contributed by atoms with Crippen molar-refractivity contribution < 1.29 is 0 Å². The smallest absolute Gasteiger partial charge is 0.0349 e. The number of nitrogens with one attached hydrogen (secondary N) is 1. The monoisotopic (exact) mass is 288 g/mol. The molecule has 1 heterocycles. The quantitative estimate of drug-likeness (QED) is 0.844. The minimum atomic E-state index is 0.593. The maximum atomic E-state index is 3.47. The second kappa shape index (κ2) is 7.95. The van der Waals surface area contributed by atoms with Crippen molar-refractivity contribution in [2.45, 2.75) is 52.5 Å². The van der Waals surface area contributed by atoms with Crippen LogP contribution in [-0.2, 0) is 0 Å². The summed E-state index contributed by atoms with van der Waals surface area (Å²) in [5.41, 5.74) is 2.95. The van der Waals surface area contributed by atoms with E-state index in [4.69, 9.17) is 0 Å². The van der Waals surface area contributed by atoms with E-state index >= 15 is 0 Å². The lowest BCUT2D eigenvalue weighted by atomic mass is 9.93. The SMILES string of the molecule is CC(C)CC[C@@H](c1ccc(C(C)C)cc1)N1CCNCC1. The number of piperazine rings is 1. The van der Waals surface area contributed by atoms with Crippen LogP contribution in [-0.4, -0.2) is 31.1 Å². The minimum Gasteiger partial charge on any atom is -0.314 e. The van der Waals surface area contributed by atoms with Crippen LogP contribution >= 0.6 is 0 Å². The Balaban J connectivity index is 2.12. The van der Waals surface area contributed by atoms with Crippen LogP contribution in [0.5, 0.6) is 0 Å². The average Bonchev–Trinajstić information content (AvgIpc) is 2.49. The summed E-state index contributed by atoms with van der Waals surface area (Å²) < 4.78 is 0. The fraction of sp³-hybridized carbons (Fsp3) is 0.684. The van der Waals surface area contributed by atoms with Gasteiger partial charge in [0.15, 0.2) is 0 Å². The van der Waals surface area contributed by atoms with Gasteiger partial charge in [0.1, 0.15) is 0 Å². The van der Waals surface area contributed by atoms with Gasteiger partial charge in [-0.25, -0.2) is 0 Å². The largest absolute Gasteiger partial charge is 0.314 e. The Morgan fingerprint density at radius 1 is 0.905 bits per heavy atom. The third-order valence-corrected chi connectivity index (χ3v) is 4.60. The van der Waals surface area contributed by atoms with Crippen molar-refractivity contribution in [3.63, 3.8) is 0 Å². The molecule has 1 atom stereocenters. The fourth-order valence-corrected chi connectivity index (χ4v) is 3.15. The summed E-state index contributed by atoms with van der Waals surface area (Å²) in [7, 11) is 0. The summed E-state index contributed by atoms with van der Waals surface area (Å²) in [6, 6.07) is 9.97. The first kappa shape index (κ1) is 16.5. The van der Waals surface area contributed by atoms with Crippen molar-refractivity contribution >= 4 is 0 Å². The molecular weight excluding hydrogens is 256 g/mol. The van der Waals surface area contributed by atoms with Crippen LogP contribution in [0, 0.1) is 5.92 Å². The first-order chi connectivity index (χ1) is 10.1. The molecule has 118 valence electrons. The summed E-state index contributed by atoms with van der Waals surface area (Å²) in [5, 5.41) is 3.47. The van der Waals surface area contributed by atoms with E-state index in [0.717, 1.165) is 19.0 Å². The molecule has 0 radical (unpaired) electrons. The van der Waals surface area contributed by atoms with E-state index in [1.807, 2.05) is 0 Å². The van der Waals surface area contributed by atoms with E-state index in [1.54, 1.807) is 0 Å². The molecule has 1 N–H and O–H groups in total. The van der Waals surface area contributed by atoms with Gasteiger partial charge in [-0.1, -0.05) is 52.0 Å². The van der Waals surface area contributed by atoms with Crippen molar-refractivity contribution in [3.05, 3.63) is 35.4 Å². The van der Waals surface area contributed by atoms with Crippen molar-refractivity contribution in [1.82, 2.24) is 10.2 Å². The minimum absolute atomic E-state index is 0.593. The van der Waals surface area contributed by atoms with E-state index in [-0.39, 0.29) is 0 Å². The van der Waals surface area contributed by atoms with E-state index < -0.39 is 0 Å². The van der Waals surface area contributed by atoms with Gasteiger partial charge in [0.2, 0.25) is 0 Å². The lowest BCUT2D eigenvalue weighted by molar-refractivity contribution is 0.160. The predicted molar refractivity (Wildman–Crippen MR) is 91.8 cm³/mol. The van der Waals surface area contributed by atoms with Crippen LogP contribution in [0.2, 0.25) is 0 Å². The highest BCUT2D eigenvalue weighted by Gasteiger charge is 2.22. The van der Waals surface area contributed by atoms with Crippen molar-refractivity contribution in [3.8, 4) is 0 Å². The molecule has 1 aromatic rings. The Labute approximate surface area is 130 Å². The fourth-order valence-electron chi connectivity index (χ4n) is 3.15. The summed E-state index contributed by atoms with van der Waals surface area (Å²) in [5.74, 6) is 1.40. The number of hydrogen-bond acceptors (Lipinski definition) is 2. The molecule has 2 nitrogen and oxygen atoms in total. The van der Waals surface area contributed by atoms with E-state index in [9.17, 15) is 0 Å². The van der Waals surface area contributed by atoms with Crippen LogP contribution < -0.4 is 5.32 Å². The van der Waals surface area contributed by atoms with Gasteiger partial charge >= 0.3 is 0 Å². The second-order valence-electron chi connectivity index (χ2n) is 7.09. The maximum Gasteiger partial charge on any atom is 0.0349 e. The van der Waals surface area contributed by atoms with Gasteiger partial charge in [0.25, 0.3) is 0 Å². The molecule has 1 fully saturated rings. The van der Waals surface area contributed by atoms with Gasteiger partial charge in [0, 0.05) is 32.2 Å². The van der Waals surface area contributed by atoms with Crippen molar-refractivity contribution in [2.75, 3.05) is 26.2 Å². The molecule has 21 heavy (non-hydrogen) atoms. The Hall–Kier alpha value is -0.860. The molecule has 1 aromatic carbocycles. The van der Waals surface area contributed by atoms with Crippen LogP contribution in [0.4, 0.5) is 0 Å². The first-order valence-electron chi connectivity index (χ1n) is 8.62. The molecular formula is C19H32N2. The third kappa shape index (κ3) is 4.82. The zero-order valence-electron chi connectivity index (χ0n) is 14.2. The van der Waals surface area contributed by atoms with Crippen LogP contribution in [0.25, 0.3) is 0 Å². The van der Waals surface area contributed by atoms with Crippen LogP contribution in [0.3, 0.4) is 0 Å². The first-order valence-corrected chi connectivity index (χ1v) is 8.62. The Kier molecular flexibility index (Phi) is 6.25. The van der Waals surface area contributed by atoms with E-state index in [1.165, 1.54) is 37.1 Å².